The van der Waals surface area contributed by atoms with Crippen molar-refractivity contribution in [2.45, 2.75) is 38.9 Å². The molecule has 1 aromatic rings. The largest absolute Gasteiger partial charge is 0.506 e. The molecule has 4 nitrogen and oxygen atoms in total. The minimum absolute atomic E-state index is 0.0676. The summed E-state index contributed by atoms with van der Waals surface area (Å²) in [5.41, 5.74) is -0.123. The summed E-state index contributed by atoms with van der Waals surface area (Å²) >= 11 is 5.94. The van der Waals surface area contributed by atoms with Crippen molar-refractivity contribution in [3.63, 3.8) is 0 Å². The molecule has 1 aromatic heterocycles. The van der Waals surface area contributed by atoms with Crippen LogP contribution in [0.5, 0.6) is 5.75 Å². The van der Waals surface area contributed by atoms with Crippen LogP contribution in [0.15, 0.2) is 18.2 Å². The average Bonchev–Trinajstić information content (AvgIpc) is 2.49. The molecular weight excluding hydrogens is 264 g/mol. The Morgan fingerprint density at radius 1 is 1.26 bits per heavy atom. The van der Waals surface area contributed by atoms with E-state index in [1.54, 1.807) is 12.1 Å². The fraction of sp³-hybridized carbons (Fsp3) is 0.462. The van der Waals surface area contributed by atoms with Gasteiger partial charge in [0.15, 0.2) is 0 Å². The first-order valence-electron chi connectivity index (χ1n) is 6.10. The number of halogens is 1. The lowest BCUT2D eigenvalue weighted by molar-refractivity contribution is 0.00578. The molecule has 0 saturated carbocycles. The van der Waals surface area contributed by atoms with E-state index in [1.807, 2.05) is 27.7 Å². The van der Waals surface area contributed by atoms with Gasteiger partial charge in [-0.2, -0.15) is 0 Å². The van der Waals surface area contributed by atoms with E-state index in [0.29, 0.717) is 10.7 Å². The zero-order chi connectivity index (χ0) is 14.3. The van der Waals surface area contributed by atoms with Crippen LogP contribution in [0.1, 0.15) is 33.3 Å². The summed E-state index contributed by atoms with van der Waals surface area (Å²) in [4.78, 5) is 3.86. The van der Waals surface area contributed by atoms with E-state index in [1.165, 1.54) is 12.3 Å². The van der Waals surface area contributed by atoms with E-state index in [0.717, 1.165) is 0 Å². The molecule has 1 aliphatic heterocycles. The van der Waals surface area contributed by atoms with Crippen LogP contribution in [0.4, 0.5) is 0 Å². The van der Waals surface area contributed by atoms with Crippen molar-refractivity contribution < 1.29 is 14.4 Å². The number of nitrogens with zero attached hydrogens (tertiary/aromatic N) is 1. The van der Waals surface area contributed by atoms with Gasteiger partial charge in [0.05, 0.1) is 17.4 Å². The summed E-state index contributed by atoms with van der Waals surface area (Å²) in [6, 6.07) is 1.54. The van der Waals surface area contributed by atoms with Gasteiger partial charge in [0.25, 0.3) is 0 Å². The highest BCUT2D eigenvalue weighted by Crippen LogP contribution is 2.37. The van der Waals surface area contributed by atoms with E-state index in [2.05, 4.69) is 4.98 Å². The quantitative estimate of drug-likeness (QED) is 0.668. The van der Waals surface area contributed by atoms with Crippen LogP contribution in [0, 0.1) is 0 Å². The molecule has 0 atom stereocenters. The molecule has 1 saturated heterocycles. The molecule has 19 heavy (non-hydrogen) atoms. The van der Waals surface area contributed by atoms with Crippen LogP contribution in [-0.4, -0.2) is 28.4 Å². The van der Waals surface area contributed by atoms with Gasteiger partial charge in [-0.3, -0.25) is 0 Å². The van der Waals surface area contributed by atoms with Gasteiger partial charge in [0.2, 0.25) is 0 Å². The number of aromatic nitrogens is 1. The fourth-order valence-electron chi connectivity index (χ4n) is 1.72. The van der Waals surface area contributed by atoms with Crippen LogP contribution in [0.2, 0.25) is 5.15 Å². The maximum atomic E-state index is 9.38. The molecule has 102 valence electrons. The highest BCUT2D eigenvalue weighted by atomic mass is 35.5. The Morgan fingerprint density at radius 2 is 1.84 bits per heavy atom. The van der Waals surface area contributed by atoms with Crippen molar-refractivity contribution in [1.29, 1.82) is 0 Å². The molecule has 1 fully saturated rings. The number of hydrogen-bond donors (Lipinski definition) is 1. The topological polar surface area (TPSA) is 51.6 Å². The van der Waals surface area contributed by atoms with E-state index in [9.17, 15) is 5.11 Å². The van der Waals surface area contributed by atoms with Crippen LogP contribution in [-0.2, 0) is 9.31 Å². The Hall–Kier alpha value is -1.04. The first-order chi connectivity index (χ1) is 8.71. The van der Waals surface area contributed by atoms with Crippen molar-refractivity contribution in [2.75, 3.05) is 0 Å². The summed E-state index contributed by atoms with van der Waals surface area (Å²) in [7, 11) is -0.441. The van der Waals surface area contributed by atoms with Crippen molar-refractivity contribution in [2.24, 2.45) is 0 Å². The SMILES string of the molecule is CC1(C)OB(/C=C/c2cc(O)cnc2Cl)OC1(C)C. The van der Waals surface area contributed by atoms with Crippen molar-refractivity contribution in [1.82, 2.24) is 4.98 Å². The van der Waals surface area contributed by atoms with Crippen molar-refractivity contribution in [3.8, 4) is 5.75 Å². The lowest BCUT2D eigenvalue weighted by atomic mass is 9.89. The maximum absolute atomic E-state index is 9.38. The van der Waals surface area contributed by atoms with Gasteiger partial charge >= 0.3 is 7.12 Å². The van der Waals surface area contributed by atoms with E-state index >= 15 is 0 Å². The number of hydrogen-bond acceptors (Lipinski definition) is 4. The zero-order valence-corrected chi connectivity index (χ0v) is 12.2. The second-order valence-corrected chi connectivity index (χ2v) is 5.92. The number of rotatable bonds is 2. The summed E-state index contributed by atoms with van der Waals surface area (Å²) in [5, 5.41) is 9.70. The molecule has 0 bridgehead atoms. The predicted octanol–water partition coefficient (Wildman–Crippen LogP) is 3.09. The molecular formula is C13H17BClNO3. The van der Waals surface area contributed by atoms with E-state index < -0.39 is 7.12 Å². The zero-order valence-electron chi connectivity index (χ0n) is 11.5. The van der Waals surface area contributed by atoms with Gasteiger partial charge in [-0.25, -0.2) is 4.98 Å². The Bertz CT molecular complexity index is 501. The normalized spacial score (nSPS) is 21.2. The van der Waals surface area contributed by atoms with Crippen molar-refractivity contribution in [3.05, 3.63) is 29.0 Å². The fourth-order valence-corrected chi connectivity index (χ4v) is 1.89. The van der Waals surface area contributed by atoms with Gasteiger partial charge in [-0.05, 0) is 33.8 Å². The summed E-state index contributed by atoms with van der Waals surface area (Å²) in [6.45, 7) is 7.96. The lowest BCUT2D eigenvalue weighted by Gasteiger charge is -2.32. The highest BCUT2D eigenvalue weighted by molar-refractivity contribution is 6.52. The second-order valence-electron chi connectivity index (χ2n) is 5.56. The third-order valence-electron chi connectivity index (χ3n) is 3.56. The van der Waals surface area contributed by atoms with Gasteiger partial charge < -0.3 is 14.4 Å². The van der Waals surface area contributed by atoms with Gasteiger partial charge in [0, 0.05) is 5.56 Å². The Balaban J connectivity index is 2.15. The molecule has 2 heterocycles. The highest BCUT2D eigenvalue weighted by Gasteiger charge is 2.49. The molecule has 0 unspecified atom stereocenters. The molecule has 0 amide bonds. The van der Waals surface area contributed by atoms with Crippen LogP contribution in [0.3, 0.4) is 0 Å². The minimum atomic E-state index is -0.441. The third-order valence-corrected chi connectivity index (χ3v) is 3.87. The summed E-state index contributed by atoms with van der Waals surface area (Å²) in [6.07, 6.45) is 3.03. The lowest BCUT2D eigenvalue weighted by Crippen LogP contribution is -2.41. The molecule has 2 rings (SSSR count). The Morgan fingerprint density at radius 3 is 2.42 bits per heavy atom. The molecule has 0 radical (unpaired) electrons. The molecule has 0 aromatic carbocycles. The number of pyridine rings is 1. The van der Waals surface area contributed by atoms with Crippen LogP contribution in [0.25, 0.3) is 6.08 Å². The molecule has 0 aliphatic carbocycles. The van der Waals surface area contributed by atoms with E-state index in [-0.39, 0.29) is 17.0 Å². The average molecular weight is 282 g/mol. The first-order valence-corrected chi connectivity index (χ1v) is 6.47. The van der Waals surface area contributed by atoms with Gasteiger partial charge in [-0.1, -0.05) is 23.7 Å². The maximum Gasteiger partial charge on any atom is 0.487 e. The molecule has 0 spiro atoms. The molecule has 1 aliphatic rings. The van der Waals surface area contributed by atoms with E-state index in [4.69, 9.17) is 20.9 Å². The Labute approximate surface area is 118 Å². The standard InChI is InChI=1S/C13H17BClNO3/c1-12(2)13(3,4)19-14(18-12)6-5-9-7-10(17)8-16-11(9)15/h5-8,17H,1-4H3/b6-5+. The van der Waals surface area contributed by atoms with Gasteiger partial charge in [0.1, 0.15) is 10.9 Å². The molecule has 6 heteroatoms. The first kappa shape index (κ1) is 14.4. The Kier molecular flexibility index (Phi) is 3.64. The summed E-state index contributed by atoms with van der Waals surface area (Å²) in [5.74, 6) is 1.83. The predicted molar refractivity (Wildman–Crippen MR) is 76.0 cm³/mol. The summed E-state index contributed by atoms with van der Waals surface area (Å²) < 4.78 is 11.6. The van der Waals surface area contributed by atoms with Crippen LogP contribution < -0.4 is 0 Å². The number of aromatic hydroxyl groups is 1. The van der Waals surface area contributed by atoms with Crippen molar-refractivity contribution >= 4 is 24.8 Å². The van der Waals surface area contributed by atoms with Crippen LogP contribution >= 0.6 is 11.6 Å². The monoisotopic (exact) mass is 281 g/mol. The minimum Gasteiger partial charge on any atom is -0.506 e. The molecule has 1 N–H and O–H groups in total. The smallest absolute Gasteiger partial charge is 0.487 e. The second kappa shape index (κ2) is 4.82. The third kappa shape index (κ3) is 2.94. The van der Waals surface area contributed by atoms with Gasteiger partial charge in [-0.15, -0.1) is 0 Å².